The summed E-state index contributed by atoms with van der Waals surface area (Å²) < 4.78 is 11.3. The van der Waals surface area contributed by atoms with Crippen LogP contribution in [0.2, 0.25) is 10.0 Å². The Kier molecular flexibility index (Phi) is 6.50. The molecule has 24 heavy (non-hydrogen) atoms. The fourth-order valence-electron chi connectivity index (χ4n) is 1.96. The van der Waals surface area contributed by atoms with Crippen LogP contribution in [0, 0.1) is 11.3 Å². The van der Waals surface area contributed by atoms with E-state index < -0.39 is 5.97 Å². The van der Waals surface area contributed by atoms with E-state index >= 15 is 0 Å². The average Bonchev–Trinajstić information content (AvgIpc) is 2.54. The molecule has 0 saturated carbocycles. The van der Waals surface area contributed by atoms with E-state index in [0.717, 1.165) is 0 Å². The Balaban J connectivity index is 2.21. The molecule has 0 atom stereocenters. The van der Waals surface area contributed by atoms with Gasteiger partial charge >= 0.3 is 5.97 Å². The highest BCUT2D eigenvalue weighted by atomic mass is 79.9. The van der Waals surface area contributed by atoms with Gasteiger partial charge in [-0.05, 0) is 46.6 Å². The monoisotopic (exact) mass is 427 g/mol. The molecule has 0 amide bonds. The fourth-order valence-corrected chi connectivity index (χ4v) is 2.80. The molecule has 7 heteroatoms. The molecular formula is C17H12BrCl2NO3. The fraction of sp³-hybridized carbons (Fsp3) is 0.176. The highest BCUT2D eigenvalue weighted by molar-refractivity contribution is 9.10. The SMILES string of the molecule is CCOc1cc(C#N)cc(Br)c1OC(=O)Cc1ccc(Cl)c(Cl)c1. The van der Waals surface area contributed by atoms with Crippen molar-refractivity contribution < 1.29 is 14.3 Å². The first-order chi connectivity index (χ1) is 11.4. The molecule has 0 aromatic heterocycles. The van der Waals surface area contributed by atoms with Crippen molar-refractivity contribution in [3.63, 3.8) is 0 Å². The molecule has 2 aromatic rings. The highest BCUT2D eigenvalue weighted by Crippen LogP contribution is 2.37. The minimum absolute atomic E-state index is 0.0227. The normalized spacial score (nSPS) is 10.1. The van der Waals surface area contributed by atoms with Gasteiger partial charge in [0.2, 0.25) is 0 Å². The predicted octanol–water partition coefficient (Wildman–Crippen LogP) is 5.17. The summed E-state index contributed by atoms with van der Waals surface area (Å²) in [6, 6.07) is 10.0. The van der Waals surface area contributed by atoms with Gasteiger partial charge in [-0.15, -0.1) is 0 Å². The number of benzene rings is 2. The van der Waals surface area contributed by atoms with Gasteiger partial charge in [0.15, 0.2) is 11.5 Å². The summed E-state index contributed by atoms with van der Waals surface area (Å²) in [4.78, 5) is 12.2. The number of nitriles is 1. The van der Waals surface area contributed by atoms with Crippen LogP contribution in [-0.4, -0.2) is 12.6 Å². The summed E-state index contributed by atoms with van der Waals surface area (Å²) in [7, 11) is 0. The van der Waals surface area contributed by atoms with E-state index in [1.807, 2.05) is 6.07 Å². The number of hydrogen-bond acceptors (Lipinski definition) is 4. The molecule has 0 saturated heterocycles. The van der Waals surface area contributed by atoms with Crippen LogP contribution in [0.3, 0.4) is 0 Å². The number of ether oxygens (including phenoxy) is 2. The van der Waals surface area contributed by atoms with Gasteiger partial charge in [0.25, 0.3) is 0 Å². The largest absolute Gasteiger partial charge is 0.490 e. The average molecular weight is 429 g/mol. The van der Waals surface area contributed by atoms with Gasteiger partial charge in [0, 0.05) is 6.07 Å². The second-order valence-corrected chi connectivity index (χ2v) is 6.40. The standard InChI is InChI=1S/C17H12BrCl2NO3/c1-2-23-15-7-11(9-21)5-12(18)17(15)24-16(22)8-10-3-4-13(19)14(20)6-10/h3-7H,2,8H2,1H3. The van der Waals surface area contributed by atoms with Crippen molar-refractivity contribution in [2.24, 2.45) is 0 Å². The van der Waals surface area contributed by atoms with Crippen molar-refractivity contribution in [3.8, 4) is 17.6 Å². The molecule has 2 aromatic carbocycles. The number of rotatable bonds is 5. The third-order valence-electron chi connectivity index (χ3n) is 2.99. The van der Waals surface area contributed by atoms with Crippen molar-refractivity contribution in [3.05, 3.63) is 56.0 Å². The third-order valence-corrected chi connectivity index (χ3v) is 4.31. The minimum Gasteiger partial charge on any atom is -0.490 e. The highest BCUT2D eigenvalue weighted by Gasteiger charge is 2.17. The summed E-state index contributed by atoms with van der Waals surface area (Å²) in [5.41, 5.74) is 1.08. The summed E-state index contributed by atoms with van der Waals surface area (Å²) in [6.07, 6.45) is 0.0227. The summed E-state index contributed by atoms with van der Waals surface area (Å²) in [6.45, 7) is 2.17. The van der Waals surface area contributed by atoms with Gasteiger partial charge in [-0.3, -0.25) is 4.79 Å². The van der Waals surface area contributed by atoms with Gasteiger partial charge in [-0.1, -0.05) is 29.3 Å². The molecule has 0 bridgehead atoms. The van der Waals surface area contributed by atoms with Gasteiger partial charge in [-0.25, -0.2) is 0 Å². The maximum absolute atomic E-state index is 12.2. The summed E-state index contributed by atoms with van der Waals surface area (Å²) >= 11 is 15.1. The first-order valence-corrected chi connectivity index (χ1v) is 8.50. The Morgan fingerprint density at radius 1 is 1.25 bits per heavy atom. The number of halogens is 3. The second-order valence-electron chi connectivity index (χ2n) is 4.73. The molecule has 0 unspecified atom stereocenters. The van der Waals surface area contributed by atoms with Crippen LogP contribution in [0.5, 0.6) is 11.5 Å². The third kappa shape index (κ3) is 4.64. The molecule has 0 aliphatic rings. The van der Waals surface area contributed by atoms with E-state index in [1.165, 1.54) is 6.07 Å². The van der Waals surface area contributed by atoms with Crippen molar-refractivity contribution >= 4 is 45.1 Å². The Morgan fingerprint density at radius 2 is 2.00 bits per heavy atom. The number of carbonyl (C=O) groups excluding carboxylic acids is 1. The van der Waals surface area contributed by atoms with E-state index in [1.54, 1.807) is 31.2 Å². The molecule has 0 aliphatic heterocycles. The first-order valence-electron chi connectivity index (χ1n) is 6.95. The minimum atomic E-state index is -0.486. The Morgan fingerprint density at radius 3 is 2.62 bits per heavy atom. The zero-order chi connectivity index (χ0) is 17.7. The smallest absolute Gasteiger partial charge is 0.315 e. The Bertz CT molecular complexity index is 818. The maximum Gasteiger partial charge on any atom is 0.315 e. The number of nitrogens with zero attached hydrogens (tertiary/aromatic N) is 1. The number of hydrogen-bond donors (Lipinski definition) is 0. The zero-order valence-electron chi connectivity index (χ0n) is 12.6. The lowest BCUT2D eigenvalue weighted by atomic mass is 10.1. The molecule has 0 N–H and O–H groups in total. The van der Waals surface area contributed by atoms with Gasteiger partial charge < -0.3 is 9.47 Å². The van der Waals surface area contributed by atoms with Crippen LogP contribution in [0.15, 0.2) is 34.8 Å². The van der Waals surface area contributed by atoms with E-state index in [2.05, 4.69) is 15.9 Å². The number of carbonyl (C=O) groups is 1. The van der Waals surface area contributed by atoms with Crippen LogP contribution in [0.1, 0.15) is 18.1 Å². The van der Waals surface area contributed by atoms with Crippen molar-refractivity contribution in [2.45, 2.75) is 13.3 Å². The lowest BCUT2D eigenvalue weighted by Gasteiger charge is -2.13. The van der Waals surface area contributed by atoms with E-state index in [-0.39, 0.29) is 12.2 Å². The molecule has 4 nitrogen and oxygen atoms in total. The van der Waals surface area contributed by atoms with Crippen molar-refractivity contribution in [2.75, 3.05) is 6.61 Å². The lowest BCUT2D eigenvalue weighted by Crippen LogP contribution is -2.12. The van der Waals surface area contributed by atoms with Gasteiger partial charge in [0.05, 0.1) is 39.2 Å². The van der Waals surface area contributed by atoms with Crippen LogP contribution >= 0.6 is 39.1 Å². The quantitative estimate of drug-likeness (QED) is 0.486. The number of esters is 1. The van der Waals surface area contributed by atoms with E-state index in [0.29, 0.717) is 38.0 Å². The van der Waals surface area contributed by atoms with Gasteiger partial charge in [0.1, 0.15) is 0 Å². The molecule has 0 fully saturated rings. The van der Waals surface area contributed by atoms with Crippen LogP contribution in [-0.2, 0) is 11.2 Å². The topological polar surface area (TPSA) is 59.3 Å². The first kappa shape index (κ1) is 18.6. The van der Waals surface area contributed by atoms with E-state index in [4.69, 9.17) is 37.9 Å². The Labute approximate surface area is 158 Å². The second kappa shape index (κ2) is 8.39. The molecule has 0 heterocycles. The zero-order valence-corrected chi connectivity index (χ0v) is 15.7. The molecule has 0 aliphatic carbocycles. The summed E-state index contributed by atoms with van der Waals surface area (Å²) in [5.74, 6) is 0.0755. The maximum atomic E-state index is 12.2. The Hall–Kier alpha value is -1.74. The van der Waals surface area contributed by atoms with E-state index in [9.17, 15) is 4.79 Å². The molecule has 0 spiro atoms. The summed E-state index contributed by atoms with van der Waals surface area (Å²) in [5, 5.41) is 9.80. The molecule has 2 rings (SSSR count). The van der Waals surface area contributed by atoms with Gasteiger partial charge in [-0.2, -0.15) is 5.26 Å². The van der Waals surface area contributed by atoms with Crippen molar-refractivity contribution in [1.82, 2.24) is 0 Å². The molecule has 0 radical (unpaired) electrons. The van der Waals surface area contributed by atoms with Crippen LogP contribution < -0.4 is 9.47 Å². The lowest BCUT2D eigenvalue weighted by molar-refractivity contribution is -0.133. The molecular weight excluding hydrogens is 417 g/mol. The van der Waals surface area contributed by atoms with Crippen LogP contribution in [0.4, 0.5) is 0 Å². The predicted molar refractivity (Wildman–Crippen MR) is 95.8 cm³/mol. The van der Waals surface area contributed by atoms with Crippen molar-refractivity contribution in [1.29, 1.82) is 5.26 Å². The molecule has 124 valence electrons. The van der Waals surface area contributed by atoms with Crippen LogP contribution in [0.25, 0.3) is 0 Å².